The lowest BCUT2D eigenvalue weighted by molar-refractivity contribution is -0.120. The zero-order valence-electron chi connectivity index (χ0n) is 16.4. The van der Waals surface area contributed by atoms with Crippen LogP contribution in [0.3, 0.4) is 0 Å². The third kappa shape index (κ3) is 5.63. The second-order valence-electron chi connectivity index (χ2n) is 6.86. The summed E-state index contributed by atoms with van der Waals surface area (Å²) in [5.41, 5.74) is 5.21. The minimum absolute atomic E-state index is 0.0304. The normalized spacial score (nSPS) is 10.8. The molecule has 0 atom stereocenters. The molecule has 0 unspecified atom stereocenters. The second-order valence-corrected chi connectivity index (χ2v) is 8.49. The van der Waals surface area contributed by atoms with Gasteiger partial charge >= 0.3 is 0 Å². The highest BCUT2D eigenvalue weighted by Crippen LogP contribution is 2.25. The number of nitrogens with one attached hydrogen (secondary N) is 1. The molecule has 4 aromatic rings. The van der Waals surface area contributed by atoms with Gasteiger partial charge in [0, 0.05) is 22.9 Å². The second kappa shape index (κ2) is 10.3. The first kappa shape index (κ1) is 20.5. The van der Waals surface area contributed by atoms with E-state index in [9.17, 15) is 4.79 Å². The summed E-state index contributed by atoms with van der Waals surface area (Å²) in [5.74, 6) is -0.0304. The monoisotopic (exact) mass is 434 g/mol. The molecular formula is C24H22N2O2S2. The molecule has 0 saturated heterocycles. The maximum atomic E-state index is 12.4. The highest BCUT2D eigenvalue weighted by molar-refractivity contribution is 7.14. The van der Waals surface area contributed by atoms with Crippen LogP contribution in [0.15, 0.2) is 76.8 Å². The Kier molecular flexibility index (Phi) is 7.03. The minimum atomic E-state index is -0.0304. The summed E-state index contributed by atoms with van der Waals surface area (Å²) < 4.78 is 5.87. The van der Waals surface area contributed by atoms with Crippen molar-refractivity contribution >= 4 is 28.6 Å². The fraction of sp³-hybridized carbons (Fsp3) is 0.167. The maximum Gasteiger partial charge on any atom is 0.226 e. The molecule has 2 heterocycles. The van der Waals surface area contributed by atoms with Crippen LogP contribution in [0, 0.1) is 0 Å². The average Bonchev–Trinajstić information content (AvgIpc) is 3.46. The van der Waals surface area contributed by atoms with E-state index in [4.69, 9.17) is 4.74 Å². The molecular weight excluding hydrogens is 412 g/mol. The molecule has 2 aromatic carbocycles. The van der Waals surface area contributed by atoms with E-state index in [-0.39, 0.29) is 12.3 Å². The first-order chi connectivity index (χ1) is 14.8. The Morgan fingerprint density at radius 3 is 2.53 bits per heavy atom. The lowest BCUT2D eigenvalue weighted by Gasteiger charge is -2.11. The molecule has 0 radical (unpaired) electrons. The number of carbonyl (C=O) groups is 1. The number of rotatable bonds is 9. The first-order valence-electron chi connectivity index (χ1n) is 9.70. The summed E-state index contributed by atoms with van der Waals surface area (Å²) >= 11 is 3.22. The van der Waals surface area contributed by atoms with Crippen LogP contribution in [-0.4, -0.2) is 10.9 Å². The summed E-state index contributed by atoms with van der Waals surface area (Å²) in [6, 6.07) is 20.2. The van der Waals surface area contributed by atoms with Crippen LogP contribution in [0.4, 0.5) is 0 Å². The van der Waals surface area contributed by atoms with E-state index in [0.717, 1.165) is 33.0 Å². The number of aromatic nitrogens is 1. The predicted octanol–water partition coefficient (Wildman–Crippen LogP) is 5.45. The van der Waals surface area contributed by atoms with Crippen LogP contribution in [-0.2, 0) is 35.7 Å². The van der Waals surface area contributed by atoms with Gasteiger partial charge < -0.3 is 10.1 Å². The molecule has 0 aliphatic rings. The number of nitrogens with zero attached hydrogens (tertiary/aromatic N) is 1. The van der Waals surface area contributed by atoms with Gasteiger partial charge in [-0.3, -0.25) is 4.79 Å². The van der Waals surface area contributed by atoms with Crippen LogP contribution >= 0.6 is 22.7 Å². The summed E-state index contributed by atoms with van der Waals surface area (Å²) in [7, 11) is 0. The smallest absolute Gasteiger partial charge is 0.226 e. The van der Waals surface area contributed by atoms with Crippen molar-refractivity contribution in [1.82, 2.24) is 10.3 Å². The molecule has 1 N–H and O–H groups in total. The number of thiophene rings is 1. The summed E-state index contributed by atoms with van der Waals surface area (Å²) in [4.78, 5) is 17.0. The van der Waals surface area contributed by atoms with Gasteiger partial charge in [0.15, 0.2) is 0 Å². The molecule has 4 rings (SSSR count). The number of hydrogen-bond donors (Lipinski definition) is 1. The van der Waals surface area contributed by atoms with Gasteiger partial charge in [-0.2, -0.15) is 11.3 Å². The lowest BCUT2D eigenvalue weighted by Crippen LogP contribution is -2.25. The number of amides is 1. The van der Waals surface area contributed by atoms with Crippen molar-refractivity contribution in [2.24, 2.45) is 0 Å². The fourth-order valence-electron chi connectivity index (χ4n) is 3.05. The first-order valence-corrected chi connectivity index (χ1v) is 11.5. The van der Waals surface area contributed by atoms with E-state index in [2.05, 4.69) is 15.7 Å². The molecule has 2 aromatic heterocycles. The third-order valence-electron chi connectivity index (χ3n) is 4.63. The van der Waals surface area contributed by atoms with Gasteiger partial charge in [0.25, 0.3) is 0 Å². The van der Waals surface area contributed by atoms with E-state index < -0.39 is 0 Å². The fourth-order valence-corrected chi connectivity index (χ4v) is 4.58. The van der Waals surface area contributed by atoms with Crippen LogP contribution in [0.2, 0.25) is 0 Å². The Hall–Kier alpha value is -2.80. The Morgan fingerprint density at radius 2 is 1.73 bits per heavy atom. The van der Waals surface area contributed by atoms with Gasteiger partial charge in [-0.15, -0.1) is 11.3 Å². The topological polar surface area (TPSA) is 51.2 Å². The molecule has 4 nitrogen and oxygen atoms in total. The zero-order valence-corrected chi connectivity index (χ0v) is 18.0. The summed E-state index contributed by atoms with van der Waals surface area (Å²) in [6.45, 7) is 1.56. The molecule has 30 heavy (non-hydrogen) atoms. The van der Waals surface area contributed by atoms with Crippen LogP contribution in [0.25, 0.3) is 10.6 Å². The summed E-state index contributed by atoms with van der Waals surface area (Å²) in [6.07, 6.45) is 0.285. The van der Waals surface area contributed by atoms with Crippen molar-refractivity contribution in [2.45, 2.75) is 26.2 Å². The van der Waals surface area contributed by atoms with Gasteiger partial charge in [0.1, 0.15) is 5.01 Å². The highest BCUT2D eigenvalue weighted by Gasteiger charge is 2.10. The van der Waals surface area contributed by atoms with Crippen LogP contribution in [0.1, 0.15) is 22.4 Å². The van der Waals surface area contributed by atoms with Gasteiger partial charge in [0.05, 0.1) is 25.3 Å². The molecule has 0 aliphatic heterocycles. The molecule has 0 spiro atoms. The quantitative estimate of drug-likeness (QED) is 0.381. The van der Waals surface area contributed by atoms with Gasteiger partial charge in [-0.1, -0.05) is 54.6 Å². The van der Waals surface area contributed by atoms with E-state index in [1.807, 2.05) is 71.4 Å². The molecule has 0 aliphatic carbocycles. The molecule has 0 fully saturated rings. The maximum absolute atomic E-state index is 12.4. The lowest BCUT2D eigenvalue weighted by atomic mass is 10.1. The number of thiazole rings is 1. The molecule has 152 valence electrons. The molecule has 0 bridgehead atoms. The number of carbonyl (C=O) groups excluding carboxylic acids is 1. The van der Waals surface area contributed by atoms with E-state index in [0.29, 0.717) is 19.8 Å². The van der Waals surface area contributed by atoms with Crippen molar-refractivity contribution in [1.29, 1.82) is 0 Å². The van der Waals surface area contributed by atoms with Crippen LogP contribution < -0.4 is 5.32 Å². The van der Waals surface area contributed by atoms with Gasteiger partial charge in [0.2, 0.25) is 5.91 Å². The molecule has 6 heteroatoms. The van der Waals surface area contributed by atoms with Crippen molar-refractivity contribution < 1.29 is 9.53 Å². The van der Waals surface area contributed by atoms with E-state index >= 15 is 0 Å². The van der Waals surface area contributed by atoms with Crippen molar-refractivity contribution in [2.75, 3.05) is 0 Å². The van der Waals surface area contributed by atoms with E-state index in [1.54, 1.807) is 22.7 Å². The number of hydrogen-bond acceptors (Lipinski definition) is 5. The van der Waals surface area contributed by atoms with Gasteiger partial charge in [-0.05, 0) is 28.1 Å². The van der Waals surface area contributed by atoms with Crippen molar-refractivity contribution in [3.8, 4) is 10.6 Å². The molecule has 0 saturated carbocycles. The van der Waals surface area contributed by atoms with E-state index in [1.165, 1.54) is 0 Å². The predicted molar refractivity (Wildman–Crippen MR) is 122 cm³/mol. The van der Waals surface area contributed by atoms with Gasteiger partial charge in [-0.25, -0.2) is 4.98 Å². The number of ether oxygens (including phenoxy) is 1. The number of benzene rings is 2. The Labute approximate surface area is 184 Å². The van der Waals surface area contributed by atoms with Crippen molar-refractivity contribution in [3.63, 3.8) is 0 Å². The summed E-state index contributed by atoms with van der Waals surface area (Å²) in [5, 5.41) is 10.0. The zero-order chi connectivity index (χ0) is 20.6. The Morgan fingerprint density at radius 1 is 0.933 bits per heavy atom. The molecule has 1 amide bonds. The Balaban J connectivity index is 1.28. The highest BCUT2D eigenvalue weighted by atomic mass is 32.1. The minimum Gasteiger partial charge on any atom is -0.372 e. The van der Waals surface area contributed by atoms with Crippen LogP contribution in [0.5, 0.6) is 0 Å². The SMILES string of the molecule is O=C(Cc1csc(-c2ccsc2)n1)NCc1ccccc1COCc1ccccc1. The van der Waals surface area contributed by atoms with Crippen molar-refractivity contribution in [3.05, 3.63) is 99.2 Å². The standard InChI is InChI=1S/C24H22N2O2S2/c27-23(12-22-17-30-24(26-22)21-10-11-29-16-21)25-13-19-8-4-5-9-20(19)15-28-14-18-6-2-1-3-7-18/h1-11,16-17H,12-15H2,(H,25,27). The Bertz CT molecular complexity index is 1080. The largest absolute Gasteiger partial charge is 0.372 e. The average molecular weight is 435 g/mol. The third-order valence-corrected chi connectivity index (χ3v) is 6.25.